The molecule has 0 spiro atoms. The minimum atomic E-state index is -0.180. The maximum Gasteiger partial charge on any atom is 0.265 e. The molecule has 0 aliphatic heterocycles. The molecule has 0 aliphatic carbocycles. The van der Waals surface area contributed by atoms with Crippen molar-refractivity contribution in [3.8, 4) is 5.69 Å². The zero-order chi connectivity index (χ0) is 17.4. The van der Waals surface area contributed by atoms with E-state index in [2.05, 4.69) is 4.98 Å². The van der Waals surface area contributed by atoms with E-state index in [0.29, 0.717) is 22.2 Å². The number of hydrogen-bond donors (Lipinski definition) is 0. The number of nitrogens with zero attached hydrogens (tertiary/aromatic N) is 3. The Labute approximate surface area is 140 Å². The molecule has 0 unspecified atom stereocenters. The summed E-state index contributed by atoms with van der Waals surface area (Å²) in [4.78, 5) is 31.3. The van der Waals surface area contributed by atoms with Crippen molar-refractivity contribution in [3.63, 3.8) is 0 Å². The van der Waals surface area contributed by atoms with Crippen molar-refractivity contribution in [1.82, 2.24) is 14.5 Å². The summed E-state index contributed by atoms with van der Waals surface area (Å²) in [5.74, 6) is -0.148. The van der Waals surface area contributed by atoms with Gasteiger partial charge in [0.1, 0.15) is 6.33 Å². The number of rotatable bonds is 2. The van der Waals surface area contributed by atoms with E-state index < -0.39 is 0 Å². The van der Waals surface area contributed by atoms with Crippen LogP contribution in [-0.4, -0.2) is 34.5 Å². The predicted octanol–water partition coefficient (Wildman–Crippen LogP) is 2.70. The number of carbonyl (C=O) groups excluding carboxylic acids is 1. The van der Waals surface area contributed by atoms with E-state index in [9.17, 15) is 9.59 Å². The van der Waals surface area contributed by atoms with Crippen molar-refractivity contribution >= 4 is 16.8 Å². The van der Waals surface area contributed by atoms with E-state index in [1.165, 1.54) is 15.8 Å². The summed E-state index contributed by atoms with van der Waals surface area (Å²) in [6.45, 7) is 3.85. The molecule has 5 nitrogen and oxygen atoms in total. The van der Waals surface area contributed by atoms with Gasteiger partial charge < -0.3 is 4.90 Å². The lowest BCUT2D eigenvalue weighted by atomic mass is 10.1. The SMILES string of the molecule is Cc1ccc(-n2cnc3ccc(C)cc3c2=O)c(C(=O)N(C)C)c1. The Morgan fingerprint density at radius 2 is 1.71 bits per heavy atom. The van der Waals surface area contributed by atoms with Gasteiger partial charge in [-0.1, -0.05) is 23.3 Å². The molecular weight excluding hydrogens is 302 g/mol. The molecule has 0 atom stereocenters. The summed E-state index contributed by atoms with van der Waals surface area (Å²) in [5.41, 5.74) is 3.44. The van der Waals surface area contributed by atoms with Crippen LogP contribution < -0.4 is 5.56 Å². The quantitative estimate of drug-likeness (QED) is 0.729. The fourth-order valence-corrected chi connectivity index (χ4v) is 2.68. The molecule has 2 aromatic carbocycles. The van der Waals surface area contributed by atoms with E-state index in [4.69, 9.17) is 0 Å². The Kier molecular flexibility index (Phi) is 3.93. The Hall–Kier alpha value is -2.95. The second kappa shape index (κ2) is 5.92. The Balaban J connectivity index is 2.30. The van der Waals surface area contributed by atoms with Crippen LogP contribution in [0.1, 0.15) is 21.5 Å². The molecule has 0 radical (unpaired) electrons. The van der Waals surface area contributed by atoms with Crippen LogP contribution in [0.4, 0.5) is 0 Å². The molecule has 3 rings (SSSR count). The van der Waals surface area contributed by atoms with Gasteiger partial charge in [-0.15, -0.1) is 0 Å². The zero-order valence-corrected chi connectivity index (χ0v) is 14.2. The summed E-state index contributed by atoms with van der Waals surface area (Å²) in [6, 6.07) is 11.0. The first-order valence-corrected chi connectivity index (χ1v) is 7.69. The highest BCUT2D eigenvalue weighted by molar-refractivity contribution is 5.97. The average molecular weight is 321 g/mol. The van der Waals surface area contributed by atoms with Crippen molar-refractivity contribution in [1.29, 1.82) is 0 Å². The van der Waals surface area contributed by atoms with Crippen LogP contribution in [0.2, 0.25) is 0 Å². The molecule has 0 saturated heterocycles. The average Bonchev–Trinajstić information content (AvgIpc) is 2.55. The van der Waals surface area contributed by atoms with E-state index in [1.54, 1.807) is 26.2 Å². The van der Waals surface area contributed by atoms with Crippen LogP contribution >= 0.6 is 0 Å². The minimum Gasteiger partial charge on any atom is -0.345 e. The second-order valence-corrected chi connectivity index (χ2v) is 6.16. The van der Waals surface area contributed by atoms with Crippen molar-refractivity contribution in [2.75, 3.05) is 14.1 Å². The molecule has 0 bridgehead atoms. The number of benzene rings is 2. The number of aryl methyl sites for hydroxylation is 2. The van der Waals surface area contributed by atoms with Gasteiger partial charge in [-0.25, -0.2) is 4.98 Å². The van der Waals surface area contributed by atoms with Crippen LogP contribution in [0.5, 0.6) is 0 Å². The number of fused-ring (bicyclic) bond motifs is 1. The normalized spacial score (nSPS) is 10.8. The zero-order valence-electron chi connectivity index (χ0n) is 14.2. The third-order valence-electron chi connectivity index (χ3n) is 3.96. The maximum atomic E-state index is 12.9. The summed E-state index contributed by atoms with van der Waals surface area (Å²) in [7, 11) is 3.39. The first-order valence-electron chi connectivity index (χ1n) is 7.69. The lowest BCUT2D eigenvalue weighted by Gasteiger charge is -2.16. The molecule has 0 N–H and O–H groups in total. The molecule has 3 aromatic rings. The van der Waals surface area contributed by atoms with E-state index in [1.807, 2.05) is 38.1 Å². The van der Waals surface area contributed by atoms with Gasteiger partial charge in [0.25, 0.3) is 11.5 Å². The number of hydrogen-bond acceptors (Lipinski definition) is 3. The van der Waals surface area contributed by atoms with Crippen LogP contribution in [0.3, 0.4) is 0 Å². The van der Waals surface area contributed by atoms with Gasteiger partial charge in [-0.2, -0.15) is 0 Å². The second-order valence-electron chi connectivity index (χ2n) is 6.16. The third-order valence-corrected chi connectivity index (χ3v) is 3.96. The highest BCUT2D eigenvalue weighted by Gasteiger charge is 2.17. The number of carbonyl (C=O) groups is 1. The van der Waals surface area contributed by atoms with Crippen LogP contribution in [-0.2, 0) is 0 Å². The molecule has 5 heteroatoms. The minimum absolute atomic E-state index is 0.148. The molecule has 1 heterocycles. The molecule has 0 saturated carbocycles. The largest absolute Gasteiger partial charge is 0.345 e. The fourth-order valence-electron chi connectivity index (χ4n) is 2.68. The summed E-state index contributed by atoms with van der Waals surface area (Å²) >= 11 is 0. The van der Waals surface area contributed by atoms with Crippen molar-refractivity contribution in [3.05, 3.63) is 69.8 Å². The smallest absolute Gasteiger partial charge is 0.265 e. The Morgan fingerprint density at radius 1 is 1.04 bits per heavy atom. The first kappa shape index (κ1) is 15.9. The summed E-state index contributed by atoms with van der Waals surface area (Å²) in [5, 5.41) is 0.543. The first-order chi connectivity index (χ1) is 11.4. The van der Waals surface area contributed by atoms with Crippen molar-refractivity contribution in [2.45, 2.75) is 13.8 Å². The summed E-state index contributed by atoms with van der Waals surface area (Å²) < 4.78 is 1.44. The highest BCUT2D eigenvalue weighted by atomic mass is 16.2. The molecule has 0 fully saturated rings. The summed E-state index contributed by atoms with van der Waals surface area (Å²) in [6.07, 6.45) is 1.48. The van der Waals surface area contributed by atoms with Gasteiger partial charge in [-0.3, -0.25) is 14.2 Å². The maximum absolute atomic E-state index is 12.9. The molecule has 1 amide bonds. The monoisotopic (exact) mass is 321 g/mol. The molecule has 1 aromatic heterocycles. The van der Waals surface area contributed by atoms with Crippen LogP contribution in [0.15, 0.2) is 47.5 Å². The Morgan fingerprint density at radius 3 is 2.42 bits per heavy atom. The van der Waals surface area contributed by atoms with Gasteiger partial charge in [0.15, 0.2) is 0 Å². The van der Waals surface area contributed by atoms with Gasteiger partial charge in [0, 0.05) is 14.1 Å². The molecule has 0 aliphatic rings. The highest BCUT2D eigenvalue weighted by Crippen LogP contribution is 2.18. The molecule has 24 heavy (non-hydrogen) atoms. The van der Waals surface area contributed by atoms with Crippen molar-refractivity contribution < 1.29 is 4.79 Å². The van der Waals surface area contributed by atoms with E-state index >= 15 is 0 Å². The lowest BCUT2D eigenvalue weighted by molar-refractivity contribution is 0.0827. The van der Waals surface area contributed by atoms with Gasteiger partial charge in [0.2, 0.25) is 0 Å². The third kappa shape index (κ3) is 2.69. The number of amides is 1. The van der Waals surface area contributed by atoms with E-state index in [-0.39, 0.29) is 11.5 Å². The molecule has 122 valence electrons. The fraction of sp³-hybridized carbons (Fsp3) is 0.211. The van der Waals surface area contributed by atoms with E-state index in [0.717, 1.165) is 11.1 Å². The van der Waals surface area contributed by atoms with Gasteiger partial charge in [0.05, 0.1) is 22.2 Å². The van der Waals surface area contributed by atoms with Crippen LogP contribution in [0, 0.1) is 13.8 Å². The van der Waals surface area contributed by atoms with Gasteiger partial charge in [-0.05, 0) is 38.1 Å². The topological polar surface area (TPSA) is 55.2 Å². The number of aromatic nitrogens is 2. The predicted molar refractivity (Wildman–Crippen MR) is 94.8 cm³/mol. The Bertz CT molecular complexity index is 1000. The van der Waals surface area contributed by atoms with Crippen LogP contribution in [0.25, 0.3) is 16.6 Å². The molecular formula is C19H19N3O2. The van der Waals surface area contributed by atoms with Gasteiger partial charge >= 0.3 is 0 Å². The lowest BCUT2D eigenvalue weighted by Crippen LogP contribution is -2.26. The standard InChI is InChI=1S/C19H19N3O2/c1-12-5-7-16-14(9-12)19(24)22(11-20-16)17-8-6-13(2)10-15(17)18(23)21(3)4/h5-11H,1-4H3. The van der Waals surface area contributed by atoms with Crippen molar-refractivity contribution in [2.24, 2.45) is 0 Å².